The summed E-state index contributed by atoms with van der Waals surface area (Å²) in [5.74, 6) is -0.722. The quantitative estimate of drug-likeness (QED) is 0.318. The Hall–Kier alpha value is -3.47. The molecule has 0 fully saturated rings. The minimum absolute atomic E-state index is 0.329. The number of rotatable bonds is 4. The molecule has 0 N–H and O–H groups in total. The van der Waals surface area contributed by atoms with E-state index in [9.17, 15) is 9.90 Å². The van der Waals surface area contributed by atoms with Gasteiger partial charge in [-0.2, -0.15) is 0 Å². The number of ether oxygens (including phenoxy) is 1. The number of hydrogen-bond acceptors (Lipinski definition) is 4. The SMILES string of the molecule is COC(=O)c1ccc(-c2cccc[n+]2/N=C(\[O-])c2ccccc2)cc1. The molecule has 0 atom stereocenters. The van der Waals surface area contributed by atoms with E-state index in [0.717, 1.165) is 11.3 Å². The number of pyridine rings is 1. The summed E-state index contributed by atoms with van der Waals surface area (Å²) in [4.78, 5) is 11.5. The molecule has 0 saturated heterocycles. The highest BCUT2D eigenvalue weighted by molar-refractivity contribution is 5.90. The first-order chi connectivity index (χ1) is 12.2. The van der Waals surface area contributed by atoms with E-state index in [4.69, 9.17) is 4.74 Å². The summed E-state index contributed by atoms with van der Waals surface area (Å²) in [6.07, 6.45) is 1.71. The van der Waals surface area contributed by atoms with Gasteiger partial charge in [0.1, 0.15) is 0 Å². The minimum atomic E-state index is -0.392. The van der Waals surface area contributed by atoms with E-state index < -0.39 is 5.97 Å². The van der Waals surface area contributed by atoms with Crippen LogP contribution in [-0.4, -0.2) is 19.0 Å². The summed E-state index contributed by atoms with van der Waals surface area (Å²) in [6, 6.07) is 21.3. The average molecular weight is 332 g/mol. The van der Waals surface area contributed by atoms with Crippen molar-refractivity contribution in [1.29, 1.82) is 0 Å². The number of esters is 1. The molecule has 0 unspecified atom stereocenters. The van der Waals surface area contributed by atoms with E-state index >= 15 is 0 Å². The third-order valence-corrected chi connectivity index (χ3v) is 3.66. The number of hydrogen-bond donors (Lipinski definition) is 0. The van der Waals surface area contributed by atoms with Crippen molar-refractivity contribution in [2.45, 2.75) is 0 Å². The van der Waals surface area contributed by atoms with E-state index in [1.807, 2.05) is 18.2 Å². The Balaban J connectivity index is 1.98. The molecule has 3 rings (SSSR count). The molecule has 0 bridgehead atoms. The minimum Gasteiger partial charge on any atom is -0.854 e. The van der Waals surface area contributed by atoms with Crippen molar-refractivity contribution < 1.29 is 19.3 Å². The number of aromatic nitrogens is 1. The van der Waals surface area contributed by atoms with Gasteiger partial charge in [0, 0.05) is 17.7 Å². The molecule has 0 aliphatic rings. The van der Waals surface area contributed by atoms with Gasteiger partial charge in [-0.05, 0) is 41.0 Å². The first-order valence-electron chi connectivity index (χ1n) is 7.70. The third kappa shape index (κ3) is 3.72. The summed E-state index contributed by atoms with van der Waals surface area (Å²) in [7, 11) is 1.34. The average Bonchev–Trinajstić information content (AvgIpc) is 2.68. The van der Waals surface area contributed by atoms with Crippen LogP contribution in [0.5, 0.6) is 0 Å². The van der Waals surface area contributed by atoms with Crippen molar-refractivity contribution in [3.05, 3.63) is 90.1 Å². The number of nitrogens with zero attached hydrogens (tertiary/aromatic N) is 2. The van der Waals surface area contributed by atoms with Crippen molar-refractivity contribution in [1.82, 2.24) is 0 Å². The highest BCUT2D eigenvalue weighted by atomic mass is 16.5. The van der Waals surface area contributed by atoms with Gasteiger partial charge in [-0.15, -0.1) is 0 Å². The molecule has 1 heterocycles. The lowest BCUT2D eigenvalue weighted by Gasteiger charge is -2.07. The van der Waals surface area contributed by atoms with Gasteiger partial charge in [0.05, 0.1) is 18.6 Å². The fourth-order valence-electron chi connectivity index (χ4n) is 2.38. The Morgan fingerprint density at radius 1 is 0.920 bits per heavy atom. The van der Waals surface area contributed by atoms with Gasteiger partial charge in [-0.1, -0.05) is 35.0 Å². The first kappa shape index (κ1) is 16.4. The van der Waals surface area contributed by atoms with Crippen LogP contribution in [-0.2, 0) is 4.74 Å². The fourth-order valence-corrected chi connectivity index (χ4v) is 2.38. The Morgan fingerprint density at radius 3 is 2.28 bits per heavy atom. The van der Waals surface area contributed by atoms with E-state index in [2.05, 4.69) is 5.10 Å². The van der Waals surface area contributed by atoms with Crippen LogP contribution in [0, 0.1) is 0 Å². The first-order valence-corrected chi connectivity index (χ1v) is 7.70. The highest BCUT2D eigenvalue weighted by Crippen LogP contribution is 2.16. The zero-order chi connectivity index (χ0) is 17.6. The van der Waals surface area contributed by atoms with Crippen molar-refractivity contribution >= 4 is 11.9 Å². The molecule has 0 spiro atoms. The van der Waals surface area contributed by atoms with E-state index in [-0.39, 0.29) is 5.90 Å². The van der Waals surface area contributed by atoms with Gasteiger partial charge >= 0.3 is 5.97 Å². The Morgan fingerprint density at radius 2 is 1.60 bits per heavy atom. The van der Waals surface area contributed by atoms with Crippen LogP contribution >= 0.6 is 0 Å². The maximum atomic E-state index is 12.3. The van der Waals surface area contributed by atoms with E-state index in [1.165, 1.54) is 11.8 Å². The number of carbonyl (C=O) groups is 1. The molecule has 0 amide bonds. The maximum Gasteiger partial charge on any atom is 0.337 e. The second-order valence-corrected chi connectivity index (χ2v) is 5.27. The summed E-state index contributed by atoms with van der Waals surface area (Å²) >= 11 is 0. The number of benzene rings is 2. The molecule has 3 aromatic rings. The molecule has 0 aliphatic carbocycles. The molecule has 5 nitrogen and oxygen atoms in total. The number of carbonyl (C=O) groups excluding carboxylic acids is 1. The van der Waals surface area contributed by atoms with Gasteiger partial charge in [-0.3, -0.25) is 0 Å². The van der Waals surface area contributed by atoms with Crippen LogP contribution in [0.1, 0.15) is 15.9 Å². The topological polar surface area (TPSA) is 65.6 Å². The van der Waals surface area contributed by atoms with Crippen LogP contribution in [0.3, 0.4) is 0 Å². The smallest absolute Gasteiger partial charge is 0.337 e. The zero-order valence-corrected chi connectivity index (χ0v) is 13.6. The summed E-state index contributed by atoms with van der Waals surface area (Å²) < 4.78 is 6.23. The largest absolute Gasteiger partial charge is 0.854 e. The Kier molecular flexibility index (Phi) is 4.85. The summed E-state index contributed by atoms with van der Waals surface area (Å²) in [6.45, 7) is 0. The van der Waals surface area contributed by atoms with Crippen molar-refractivity contribution in [3.63, 3.8) is 0 Å². The molecule has 5 heteroatoms. The molecule has 25 heavy (non-hydrogen) atoms. The predicted molar refractivity (Wildman–Crippen MR) is 91.8 cm³/mol. The monoisotopic (exact) mass is 332 g/mol. The van der Waals surface area contributed by atoms with Crippen LogP contribution in [0.2, 0.25) is 0 Å². The van der Waals surface area contributed by atoms with Crippen LogP contribution in [0.25, 0.3) is 11.3 Å². The van der Waals surface area contributed by atoms with Gasteiger partial charge < -0.3 is 9.84 Å². The predicted octanol–water partition coefficient (Wildman–Crippen LogP) is 2.00. The van der Waals surface area contributed by atoms with Crippen LogP contribution in [0.15, 0.2) is 84.1 Å². The lowest BCUT2D eigenvalue weighted by molar-refractivity contribution is -0.670. The van der Waals surface area contributed by atoms with E-state index in [0.29, 0.717) is 11.1 Å². The molecule has 0 aliphatic heterocycles. The summed E-state index contributed by atoms with van der Waals surface area (Å²) in [5.41, 5.74) is 2.55. The maximum absolute atomic E-state index is 12.3. The molecule has 1 aromatic heterocycles. The lowest BCUT2D eigenvalue weighted by atomic mass is 10.1. The molecule has 124 valence electrons. The summed E-state index contributed by atoms with van der Waals surface area (Å²) in [5, 5.41) is 16.5. The van der Waals surface area contributed by atoms with E-state index in [1.54, 1.807) is 60.8 Å². The molecular formula is C20H16N2O3. The zero-order valence-electron chi connectivity index (χ0n) is 13.6. The van der Waals surface area contributed by atoms with Gasteiger partial charge in [-0.25, -0.2) is 4.79 Å². The standard InChI is InChI=1S/C20H16N2O3/c1-25-20(24)17-12-10-15(11-13-17)18-9-5-6-14-22(18)21-19(23)16-7-3-2-4-8-16/h2-14H,1H3. The third-order valence-electron chi connectivity index (χ3n) is 3.66. The second kappa shape index (κ2) is 7.40. The van der Waals surface area contributed by atoms with Crippen molar-refractivity contribution in [2.75, 3.05) is 7.11 Å². The van der Waals surface area contributed by atoms with Gasteiger partial charge in [0.2, 0.25) is 11.9 Å². The van der Waals surface area contributed by atoms with Gasteiger partial charge in [0.25, 0.3) is 0 Å². The molecular weight excluding hydrogens is 316 g/mol. The fraction of sp³-hybridized carbons (Fsp3) is 0.0500. The highest BCUT2D eigenvalue weighted by Gasteiger charge is 2.13. The van der Waals surface area contributed by atoms with Crippen LogP contribution < -0.4 is 9.78 Å². The Bertz CT molecular complexity index is 904. The van der Waals surface area contributed by atoms with Crippen molar-refractivity contribution in [2.24, 2.45) is 5.10 Å². The lowest BCUT2D eigenvalue weighted by Crippen LogP contribution is -2.35. The molecule has 0 radical (unpaired) electrons. The molecule has 0 saturated carbocycles. The van der Waals surface area contributed by atoms with Crippen molar-refractivity contribution in [3.8, 4) is 11.3 Å². The second-order valence-electron chi connectivity index (χ2n) is 5.27. The molecule has 2 aromatic carbocycles. The van der Waals surface area contributed by atoms with Crippen LogP contribution in [0.4, 0.5) is 0 Å². The number of methoxy groups -OCH3 is 1. The Labute approximate surface area is 145 Å². The normalized spacial score (nSPS) is 11.2. The van der Waals surface area contributed by atoms with Gasteiger partial charge in [0.15, 0.2) is 0 Å².